The first kappa shape index (κ1) is 16.7. The molecule has 0 saturated heterocycles. The second kappa shape index (κ2) is 8.13. The van der Waals surface area contributed by atoms with Gasteiger partial charge >= 0.3 is 6.03 Å². The van der Waals surface area contributed by atoms with Crippen molar-refractivity contribution in [3.63, 3.8) is 0 Å². The van der Waals surface area contributed by atoms with E-state index in [4.69, 9.17) is 0 Å². The minimum Gasteiger partial charge on any atom is -0.393 e. The molecule has 2 rings (SSSR count). The highest BCUT2D eigenvalue weighted by molar-refractivity contribution is 5.74. The van der Waals surface area contributed by atoms with Gasteiger partial charge in [0.25, 0.3) is 0 Å². The minimum absolute atomic E-state index is 0.0605. The Labute approximate surface area is 132 Å². The lowest BCUT2D eigenvalue weighted by Crippen LogP contribution is -2.42. The van der Waals surface area contributed by atoms with Crippen LogP contribution in [0.25, 0.3) is 0 Å². The molecule has 0 aromatic carbocycles. The number of urea groups is 1. The second-order valence-electron chi connectivity index (χ2n) is 6.18. The predicted octanol–water partition coefficient (Wildman–Crippen LogP) is 2.73. The fourth-order valence-electron chi connectivity index (χ4n) is 3.09. The van der Waals surface area contributed by atoms with Crippen molar-refractivity contribution in [2.24, 2.45) is 5.92 Å². The van der Waals surface area contributed by atoms with E-state index in [2.05, 4.69) is 17.2 Å². The molecule has 5 nitrogen and oxygen atoms in total. The average molecular weight is 305 g/mol. The van der Waals surface area contributed by atoms with Crippen LogP contribution in [0.5, 0.6) is 0 Å². The summed E-state index contributed by atoms with van der Waals surface area (Å²) in [4.78, 5) is 18.4. The SMILES string of the molecule is CCC[C@H](NC(=O)N(C)C[C@@H]1CCC[C@@H]1O)c1ccccn1. The molecule has 1 aromatic rings. The van der Waals surface area contributed by atoms with E-state index in [0.717, 1.165) is 37.8 Å². The van der Waals surface area contributed by atoms with Gasteiger partial charge in [-0.2, -0.15) is 0 Å². The number of amides is 2. The fraction of sp³-hybridized carbons (Fsp3) is 0.647. The molecule has 0 radical (unpaired) electrons. The Morgan fingerprint density at radius 2 is 2.32 bits per heavy atom. The van der Waals surface area contributed by atoms with Gasteiger partial charge in [0, 0.05) is 25.7 Å². The first-order valence-corrected chi connectivity index (χ1v) is 8.22. The summed E-state index contributed by atoms with van der Waals surface area (Å²) >= 11 is 0. The summed E-state index contributed by atoms with van der Waals surface area (Å²) in [7, 11) is 1.79. The number of carbonyl (C=O) groups is 1. The number of nitrogens with one attached hydrogen (secondary N) is 1. The lowest BCUT2D eigenvalue weighted by atomic mass is 10.1. The maximum atomic E-state index is 12.4. The Hall–Kier alpha value is -1.62. The van der Waals surface area contributed by atoms with Crippen molar-refractivity contribution in [1.29, 1.82) is 0 Å². The maximum absolute atomic E-state index is 12.4. The van der Waals surface area contributed by atoms with Crippen LogP contribution < -0.4 is 5.32 Å². The Kier molecular flexibility index (Phi) is 6.19. The van der Waals surface area contributed by atoms with Gasteiger partial charge in [0.1, 0.15) is 0 Å². The lowest BCUT2D eigenvalue weighted by molar-refractivity contribution is 0.113. The van der Waals surface area contributed by atoms with E-state index >= 15 is 0 Å². The number of nitrogens with zero attached hydrogens (tertiary/aromatic N) is 2. The van der Waals surface area contributed by atoms with Gasteiger partial charge in [0.05, 0.1) is 17.8 Å². The van der Waals surface area contributed by atoms with Crippen molar-refractivity contribution in [3.8, 4) is 0 Å². The van der Waals surface area contributed by atoms with Crippen molar-refractivity contribution in [2.45, 2.75) is 51.2 Å². The molecule has 3 atom stereocenters. The summed E-state index contributed by atoms with van der Waals surface area (Å²) in [6, 6.07) is 5.61. The summed E-state index contributed by atoms with van der Waals surface area (Å²) in [5.41, 5.74) is 0.895. The summed E-state index contributed by atoms with van der Waals surface area (Å²) in [5.74, 6) is 0.204. The van der Waals surface area contributed by atoms with Gasteiger partial charge < -0.3 is 15.3 Å². The fourth-order valence-corrected chi connectivity index (χ4v) is 3.09. The molecule has 0 unspecified atom stereocenters. The van der Waals surface area contributed by atoms with E-state index < -0.39 is 0 Å². The number of carbonyl (C=O) groups excluding carboxylic acids is 1. The normalized spacial score (nSPS) is 22.3. The molecular formula is C17H27N3O2. The van der Waals surface area contributed by atoms with E-state index in [1.165, 1.54) is 0 Å². The minimum atomic E-state index is -0.266. The molecule has 0 spiro atoms. The van der Waals surface area contributed by atoms with Crippen molar-refractivity contribution in [2.75, 3.05) is 13.6 Å². The molecule has 0 bridgehead atoms. The number of aliphatic hydroxyl groups excluding tert-OH is 1. The quantitative estimate of drug-likeness (QED) is 0.849. The van der Waals surface area contributed by atoms with Gasteiger partial charge in [-0.1, -0.05) is 25.8 Å². The van der Waals surface area contributed by atoms with E-state index in [-0.39, 0.29) is 24.1 Å². The van der Waals surface area contributed by atoms with Crippen LogP contribution in [0.3, 0.4) is 0 Å². The third kappa shape index (κ3) is 4.44. The van der Waals surface area contributed by atoms with E-state index in [9.17, 15) is 9.90 Å². The first-order chi connectivity index (χ1) is 10.6. The first-order valence-electron chi connectivity index (χ1n) is 8.22. The standard InChI is InChI=1S/C17H27N3O2/c1-3-7-15(14-9-4-5-11-18-14)19-17(22)20(2)12-13-8-6-10-16(13)21/h4-5,9,11,13,15-16,21H,3,6-8,10,12H2,1-2H3,(H,19,22)/t13-,15-,16-/m0/s1. The number of aromatic nitrogens is 1. The Morgan fingerprint density at radius 3 is 2.91 bits per heavy atom. The largest absolute Gasteiger partial charge is 0.393 e. The number of hydrogen-bond acceptors (Lipinski definition) is 3. The molecule has 2 N–H and O–H groups in total. The van der Waals surface area contributed by atoms with Gasteiger partial charge in [-0.3, -0.25) is 4.98 Å². The third-order valence-corrected chi connectivity index (χ3v) is 4.39. The van der Waals surface area contributed by atoms with Crippen LogP contribution >= 0.6 is 0 Å². The van der Waals surface area contributed by atoms with Crippen LogP contribution in [0.15, 0.2) is 24.4 Å². The summed E-state index contributed by atoms with van der Waals surface area (Å²) in [5, 5.41) is 13.0. The Balaban J connectivity index is 1.92. The molecule has 1 aliphatic carbocycles. The molecule has 122 valence electrons. The average Bonchev–Trinajstić information content (AvgIpc) is 2.92. The van der Waals surface area contributed by atoms with Gasteiger partial charge in [0.15, 0.2) is 0 Å². The summed E-state index contributed by atoms with van der Waals surface area (Å²) in [6.07, 6.45) is 6.23. The molecule has 0 aliphatic heterocycles. The highest BCUT2D eigenvalue weighted by atomic mass is 16.3. The zero-order valence-corrected chi connectivity index (χ0v) is 13.5. The number of hydrogen-bond donors (Lipinski definition) is 2. The molecule has 1 heterocycles. The summed E-state index contributed by atoms with van der Waals surface area (Å²) in [6.45, 7) is 2.70. The van der Waals surface area contributed by atoms with E-state index in [1.807, 2.05) is 18.2 Å². The molecule has 1 aliphatic rings. The highest BCUT2D eigenvalue weighted by Crippen LogP contribution is 2.26. The predicted molar refractivity (Wildman–Crippen MR) is 86.4 cm³/mol. The molecule has 1 fully saturated rings. The smallest absolute Gasteiger partial charge is 0.317 e. The summed E-state index contributed by atoms with van der Waals surface area (Å²) < 4.78 is 0. The van der Waals surface area contributed by atoms with Crippen LogP contribution in [0.1, 0.15) is 50.8 Å². The Bertz CT molecular complexity index is 466. The molecule has 2 amide bonds. The molecule has 1 aromatic heterocycles. The lowest BCUT2D eigenvalue weighted by Gasteiger charge is -2.26. The zero-order chi connectivity index (χ0) is 15.9. The maximum Gasteiger partial charge on any atom is 0.317 e. The van der Waals surface area contributed by atoms with Crippen LogP contribution in [0, 0.1) is 5.92 Å². The van der Waals surface area contributed by atoms with Crippen molar-refractivity contribution in [1.82, 2.24) is 15.2 Å². The van der Waals surface area contributed by atoms with Crippen LogP contribution in [-0.4, -0.2) is 40.7 Å². The number of aliphatic hydroxyl groups is 1. The van der Waals surface area contributed by atoms with E-state index in [0.29, 0.717) is 6.54 Å². The van der Waals surface area contributed by atoms with Gasteiger partial charge in [-0.05, 0) is 31.4 Å². The van der Waals surface area contributed by atoms with Gasteiger partial charge in [-0.15, -0.1) is 0 Å². The monoisotopic (exact) mass is 305 g/mol. The third-order valence-electron chi connectivity index (χ3n) is 4.39. The van der Waals surface area contributed by atoms with Crippen molar-refractivity contribution in [3.05, 3.63) is 30.1 Å². The number of rotatable bonds is 6. The molecular weight excluding hydrogens is 278 g/mol. The van der Waals surface area contributed by atoms with Gasteiger partial charge in [-0.25, -0.2) is 4.79 Å². The highest BCUT2D eigenvalue weighted by Gasteiger charge is 2.28. The number of pyridine rings is 1. The Morgan fingerprint density at radius 1 is 1.50 bits per heavy atom. The van der Waals surface area contributed by atoms with Gasteiger partial charge in [0.2, 0.25) is 0 Å². The van der Waals surface area contributed by atoms with Crippen LogP contribution in [0.4, 0.5) is 4.79 Å². The molecule has 22 heavy (non-hydrogen) atoms. The van der Waals surface area contributed by atoms with Crippen LogP contribution in [0.2, 0.25) is 0 Å². The van der Waals surface area contributed by atoms with Crippen LogP contribution in [-0.2, 0) is 0 Å². The molecule has 1 saturated carbocycles. The van der Waals surface area contributed by atoms with Crippen molar-refractivity contribution < 1.29 is 9.90 Å². The second-order valence-corrected chi connectivity index (χ2v) is 6.18. The topological polar surface area (TPSA) is 65.5 Å². The molecule has 5 heteroatoms. The zero-order valence-electron chi connectivity index (χ0n) is 13.5. The van der Waals surface area contributed by atoms with E-state index in [1.54, 1.807) is 18.1 Å². The van der Waals surface area contributed by atoms with Crippen molar-refractivity contribution >= 4 is 6.03 Å².